The Morgan fingerprint density at radius 3 is 2.87 bits per heavy atom. The second-order valence-electron chi connectivity index (χ2n) is 2.87. The van der Waals surface area contributed by atoms with Gasteiger partial charge in [0.1, 0.15) is 5.82 Å². The molecule has 0 amide bonds. The molecular weight excluding hydrogens is 267 g/mol. The number of fused-ring (bicyclic) bond motifs is 1. The van der Waals surface area contributed by atoms with Gasteiger partial charge in [-0.1, -0.05) is 0 Å². The minimum absolute atomic E-state index is 0.0155. The van der Waals surface area contributed by atoms with Crippen molar-refractivity contribution in [2.45, 2.75) is 0 Å². The van der Waals surface area contributed by atoms with Gasteiger partial charge in [-0.15, -0.1) is 0 Å². The average molecular weight is 273 g/mol. The molecular formula is C10H6BrFO3. The lowest BCUT2D eigenvalue weighted by molar-refractivity contribution is 0.0567. The number of furan rings is 1. The molecule has 0 saturated heterocycles. The fourth-order valence-corrected chi connectivity index (χ4v) is 1.69. The molecule has 1 heterocycles. The first-order chi connectivity index (χ1) is 7.13. The van der Waals surface area contributed by atoms with Crippen molar-refractivity contribution in [3.05, 3.63) is 34.2 Å². The number of hydrogen-bond acceptors (Lipinski definition) is 3. The van der Waals surface area contributed by atoms with Crippen LogP contribution in [0.4, 0.5) is 4.39 Å². The van der Waals surface area contributed by atoms with E-state index in [1.54, 1.807) is 0 Å². The Kier molecular flexibility index (Phi) is 2.48. The van der Waals surface area contributed by atoms with E-state index in [1.807, 2.05) is 0 Å². The second-order valence-corrected chi connectivity index (χ2v) is 3.73. The van der Waals surface area contributed by atoms with Crippen LogP contribution in [0.3, 0.4) is 0 Å². The zero-order valence-electron chi connectivity index (χ0n) is 7.71. The third-order valence-corrected chi connectivity index (χ3v) is 2.59. The summed E-state index contributed by atoms with van der Waals surface area (Å²) in [6, 6.07) is 4.13. The highest BCUT2D eigenvalue weighted by molar-refractivity contribution is 9.10. The van der Waals surface area contributed by atoms with Crippen molar-refractivity contribution in [1.29, 1.82) is 0 Å². The molecule has 0 atom stereocenters. The molecule has 0 radical (unpaired) electrons. The highest BCUT2D eigenvalue weighted by Gasteiger charge is 2.16. The first-order valence-corrected chi connectivity index (χ1v) is 4.88. The van der Waals surface area contributed by atoms with E-state index in [2.05, 4.69) is 20.7 Å². The minimum Gasteiger partial charge on any atom is -0.463 e. The zero-order chi connectivity index (χ0) is 11.0. The summed E-state index contributed by atoms with van der Waals surface area (Å²) in [6.07, 6.45) is 0. The number of rotatable bonds is 1. The van der Waals surface area contributed by atoms with Crippen molar-refractivity contribution < 1.29 is 18.3 Å². The number of carbonyl (C=O) groups excluding carboxylic acids is 1. The van der Waals surface area contributed by atoms with Gasteiger partial charge in [-0.25, -0.2) is 9.18 Å². The molecule has 0 aliphatic heterocycles. The standard InChI is InChI=1S/C10H6BrFO3/c1-14-10(13)8-4-5-7(12)3-2-6(11)9(5)15-8/h2-4H,1H3. The van der Waals surface area contributed by atoms with Crippen LogP contribution < -0.4 is 0 Å². The fourth-order valence-electron chi connectivity index (χ4n) is 1.26. The summed E-state index contributed by atoms with van der Waals surface area (Å²) >= 11 is 3.20. The maximum Gasteiger partial charge on any atom is 0.373 e. The number of carbonyl (C=O) groups is 1. The summed E-state index contributed by atoms with van der Waals surface area (Å²) in [6.45, 7) is 0. The molecule has 5 heteroatoms. The highest BCUT2D eigenvalue weighted by Crippen LogP contribution is 2.29. The Bertz CT molecular complexity index is 494. The Hall–Kier alpha value is -1.36. The predicted molar refractivity (Wildman–Crippen MR) is 55.2 cm³/mol. The quantitative estimate of drug-likeness (QED) is 0.749. The number of esters is 1. The van der Waals surface area contributed by atoms with Gasteiger partial charge in [-0.2, -0.15) is 0 Å². The van der Waals surface area contributed by atoms with Crippen LogP contribution in [0.15, 0.2) is 27.1 Å². The number of benzene rings is 1. The maximum atomic E-state index is 13.3. The van der Waals surface area contributed by atoms with Gasteiger partial charge in [0.2, 0.25) is 5.76 Å². The Labute approximate surface area is 92.9 Å². The van der Waals surface area contributed by atoms with Crippen LogP contribution in [0.25, 0.3) is 11.0 Å². The van der Waals surface area contributed by atoms with E-state index < -0.39 is 11.8 Å². The van der Waals surface area contributed by atoms with E-state index in [1.165, 1.54) is 25.3 Å². The molecule has 0 aliphatic rings. The zero-order valence-corrected chi connectivity index (χ0v) is 9.30. The first-order valence-electron chi connectivity index (χ1n) is 4.09. The smallest absolute Gasteiger partial charge is 0.373 e. The van der Waals surface area contributed by atoms with E-state index in [-0.39, 0.29) is 11.1 Å². The van der Waals surface area contributed by atoms with Crippen molar-refractivity contribution in [2.75, 3.05) is 7.11 Å². The summed E-state index contributed by atoms with van der Waals surface area (Å²) < 4.78 is 23.6. The number of halogens is 2. The van der Waals surface area contributed by atoms with Crippen LogP contribution >= 0.6 is 15.9 Å². The van der Waals surface area contributed by atoms with Gasteiger partial charge in [0.15, 0.2) is 5.58 Å². The van der Waals surface area contributed by atoms with E-state index in [4.69, 9.17) is 4.42 Å². The molecule has 0 N–H and O–H groups in total. The SMILES string of the molecule is COC(=O)c1cc2c(F)ccc(Br)c2o1. The molecule has 1 aromatic heterocycles. The number of ether oxygens (including phenoxy) is 1. The van der Waals surface area contributed by atoms with Crippen LogP contribution in [0.2, 0.25) is 0 Å². The average Bonchev–Trinajstić information content (AvgIpc) is 2.68. The van der Waals surface area contributed by atoms with Gasteiger partial charge in [0, 0.05) is 6.07 Å². The van der Waals surface area contributed by atoms with Crippen LogP contribution in [0, 0.1) is 5.82 Å². The summed E-state index contributed by atoms with van der Waals surface area (Å²) in [5, 5.41) is 0.254. The van der Waals surface area contributed by atoms with E-state index in [0.717, 1.165) is 0 Å². The first kappa shape index (κ1) is 10.2. The highest BCUT2D eigenvalue weighted by atomic mass is 79.9. The minimum atomic E-state index is -0.627. The topological polar surface area (TPSA) is 39.4 Å². The molecule has 15 heavy (non-hydrogen) atoms. The van der Waals surface area contributed by atoms with Gasteiger partial charge < -0.3 is 9.15 Å². The van der Waals surface area contributed by atoms with Crippen LogP contribution in [-0.2, 0) is 4.74 Å². The van der Waals surface area contributed by atoms with E-state index in [9.17, 15) is 9.18 Å². The second kappa shape index (κ2) is 3.66. The molecule has 2 rings (SSSR count). The molecule has 2 aromatic rings. The third-order valence-electron chi connectivity index (χ3n) is 1.97. The van der Waals surface area contributed by atoms with E-state index in [0.29, 0.717) is 10.1 Å². The third kappa shape index (κ3) is 1.63. The van der Waals surface area contributed by atoms with Gasteiger partial charge in [-0.05, 0) is 28.1 Å². The van der Waals surface area contributed by atoms with Gasteiger partial charge in [0.05, 0.1) is 17.0 Å². The normalized spacial score (nSPS) is 10.6. The largest absolute Gasteiger partial charge is 0.463 e. The van der Waals surface area contributed by atoms with Crippen LogP contribution in [0.5, 0.6) is 0 Å². The lowest BCUT2D eigenvalue weighted by Crippen LogP contribution is -1.97. The van der Waals surface area contributed by atoms with Crippen LogP contribution in [-0.4, -0.2) is 13.1 Å². The Morgan fingerprint density at radius 2 is 2.27 bits per heavy atom. The molecule has 1 aromatic carbocycles. The predicted octanol–water partition coefficient (Wildman–Crippen LogP) is 3.12. The molecule has 0 unspecified atom stereocenters. The van der Waals surface area contributed by atoms with Gasteiger partial charge >= 0.3 is 5.97 Å². The van der Waals surface area contributed by atoms with Crippen molar-refractivity contribution in [2.24, 2.45) is 0 Å². The number of methoxy groups -OCH3 is 1. The fraction of sp³-hybridized carbons (Fsp3) is 0.100. The molecule has 0 saturated carbocycles. The molecule has 0 aliphatic carbocycles. The van der Waals surface area contributed by atoms with Crippen molar-refractivity contribution in [3.8, 4) is 0 Å². The molecule has 0 spiro atoms. The summed E-state index contributed by atoms with van der Waals surface area (Å²) in [5.74, 6) is -1.08. The maximum absolute atomic E-state index is 13.3. The molecule has 0 bridgehead atoms. The molecule has 0 fully saturated rings. The number of hydrogen-bond donors (Lipinski definition) is 0. The Balaban J connectivity index is 2.70. The van der Waals surface area contributed by atoms with E-state index >= 15 is 0 Å². The van der Waals surface area contributed by atoms with Crippen LogP contribution in [0.1, 0.15) is 10.6 Å². The Morgan fingerprint density at radius 1 is 1.53 bits per heavy atom. The van der Waals surface area contributed by atoms with Gasteiger partial charge in [0.25, 0.3) is 0 Å². The van der Waals surface area contributed by atoms with Crippen molar-refractivity contribution >= 4 is 32.9 Å². The van der Waals surface area contributed by atoms with Gasteiger partial charge in [-0.3, -0.25) is 0 Å². The lowest BCUT2D eigenvalue weighted by Gasteiger charge is -1.93. The summed E-state index contributed by atoms with van der Waals surface area (Å²) in [5.41, 5.74) is 0.301. The summed E-state index contributed by atoms with van der Waals surface area (Å²) in [7, 11) is 1.24. The monoisotopic (exact) mass is 272 g/mol. The molecule has 78 valence electrons. The van der Waals surface area contributed by atoms with Crippen molar-refractivity contribution in [1.82, 2.24) is 0 Å². The lowest BCUT2D eigenvalue weighted by atomic mass is 10.2. The molecule has 3 nitrogen and oxygen atoms in total. The van der Waals surface area contributed by atoms with Crippen molar-refractivity contribution in [3.63, 3.8) is 0 Å². The summed E-state index contributed by atoms with van der Waals surface area (Å²) in [4.78, 5) is 11.2.